The van der Waals surface area contributed by atoms with Gasteiger partial charge in [-0.25, -0.2) is 0 Å². The van der Waals surface area contributed by atoms with Gasteiger partial charge in [0, 0.05) is 11.1 Å². The predicted molar refractivity (Wildman–Crippen MR) is 88.3 cm³/mol. The molecule has 2 N–H and O–H groups in total. The molecular formula is C17H19ClN2O. The number of halogens is 1. The van der Waals surface area contributed by atoms with E-state index in [0.717, 1.165) is 37.9 Å². The lowest BCUT2D eigenvalue weighted by molar-refractivity contribution is -0.117. The molecule has 4 heteroatoms. The molecule has 2 aromatic rings. The van der Waals surface area contributed by atoms with Crippen molar-refractivity contribution in [1.29, 1.82) is 0 Å². The zero-order valence-electron chi connectivity index (χ0n) is 11.8. The minimum Gasteiger partial charge on any atom is -0.324 e. The van der Waals surface area contributed by atoms with Crippen LogP contribution >= 0.6 is 12.4 Å². The lowest BCUT2D eigenvalue weighted by atomic mass is 10.0. The van der Waals surface area contributed by atoms with Gasteiger partial charge in [0.15, 0.2) is 0 Å². The Bertz CT molecular complexity index is 682. The van der Waals surface area contributed by atoms with Crippen LogP contribution in [0.4, 0.5) is 5.69 Å². The molecule has 2 aromatic carbocycles. The second-order valence-electron chi connectivity index (χ2n) is 5.75. The van der Waals surface area contributed by atoms with Crippen molar-refractivity contribution in [2.75, 3.05) is 11.9 Å². The molecule has 1 aliphatic heterocycles. The topological polar surface area (TPSA) is 41.1 Å². The second-order valence-corrected chi connectivity index (χ2v) is 5.75. The standard InChI is InChI=1S/C17H18N2O.ClH/c20-17(15-5-2-10-18-15)19-14-9-8-12-7-6-11-3-1-4-13(14)16(11)12;/h1,3-4,8-9,15,18H,2,5-7,10H2,(H,19,20);1H. The number of aryl methyl sites for hydroxylation is 2. The van der Waals surface area contributed by atoms with Gasteiger partial charge in [0.05, 0.1) is 6.04 Å². The van der Waals surface area contributed by atoms with Crippen LogP contribution in [0.15, 0.2) is 30.3 Å². The molecular weight excluding hydrogens is 284 g/mol. The third-order valence-electron chi connectivity index (χ3n) is 4.51. The van der Waals surface area contributed by atoms with Crippen molar-refractivity contribution >= 4 is 34.8 Å². The maximum absolute atomic E-state index is 12.3. The average molecular weight is 303 g/mol. The van der Waals surface area contributed by atoms with Crippen molar-refractivity contribution in [3.05, 3.63) is 41.5 Å². The van der Waals surface area contributed by atoms with Gasteiger partial charge in [-0.2, -0.15) is 0 Å². The largest absolute Gasteiger partial charge is 0.324 e. The molecule has 0 saturated carbocycles. The van der Waals surface area contributed by atoms with Crippen molar-refractivity contribution < 1.29 is 4.79 Å². The molecule has 3 nitrogen and oxygen atoms in total. The molecule has 4 rings (SSSR count). The average Bonchev–Trinajstić information content (AvgIpc) is 3.12. The molecule has 1 unspecified atom stereocenters. The predicted octanol–water partition coefficient (Wildman–Crippen LogP) is 3.05. The Morgan fingerprint density at radius 1 is 1.14 bits per heavy atom. The van der Waals surface area contributed by atoms with Gasteiger partial charge in [-0.05, 0) is 54.8 Å². The SMILES string of the molecule is Cl.O=C(Nc1ccc2c3c(cccc13)CC2)C1CCCN1. The maximum atomic E-state index is 12.3. The first-order valence-electron chi connectivity index (χ1n) is 7.41. The van der Waals surface area contributed by atoms with Crippen LogP contribution < -0.4 is 10.6 Å². The molecule has 2 aliphatic rings. The fraction of sp³-hybridized carbons (Fsp3) is 0.353. The highest BCUT2D eigenvalue weighted by Gasteiger charge is 2.23. The normalized spacial score (nSPS) is 19.5. The molecule has 0 aromatic heterocycles. The summed E-state index contributed by atoms with van der Waals surface area (Å²) in [7, 11) is 0. The van der Waals surface area contributed by atoms with E-state index in [-0.39, 0.29) is 24.4 Å². The third-order valence-corrected chi connectivity index (χ3v) is 4.51. The van der Waals surface area contributed by atoms with Gasteiger partial charge < -0.3 is 10.6 Å². The lowest BCUT2D eigenvalue weighted by Crippen LogP contribution is -2.35. The molecule has 1 atom stereocenters. The smallest absolute Gasteiger partial charge is 0.241 e. The number of hydrogen-bond donors (Lipinski definition) is 2. The fourth-order valence-electron chi connectivity index (χ4n) is 3.48. The highest BCUT2D eigenvalue weighted by molar-refractivity contribution is 6.06. The first-order valence-corrected chi connectivity index (χ1v) is 7.41. The summed E-state index contributed by atoms with van der Waals surface area (Å²) in [5.74, 6) is 0.0983. The van der Waals surface area contributed by atoms with E-state index in [2.05, 4.69) is 41.0 Å². The van der Waals surface area contributed by atoms with E-state index in [1.165, 1.54) is 21.9 Å². The first-order chi connectivity index (χ1) is 9.83. The molecule has 21 heavy (non-hydrogen) atoms. The molecule has 0 radical (unpaired) electrons. The third kappa shape index (κ3) is 2.41. The summed E-state index contributed by atoms with van der Waals surface area (Å²) in [4.78, 5) is 12.3. The molecule has 1 amide bonds. The summed E-state index contributed by atoms with van der Waals surface area (Å²) in [6.45, 7) is 0.946. The van der Waals surface area contributed by atoms with Gasteiger partial charge in [0.2, 0.25) is 5.91 Å². The van der Waals surface area contributed by atoms with Gasteiger partial charge in [-0.15, -0.1) is 12.4 Å². The van der Waals surface area contributed by atoms with Crippen LogP contribution in [0.2, 0.25) is 0 Å². The minimum atomic E-state index is -0.0296. The Morgan fingerprint density at radius 2 is 1.95 bits per heavy atom. The van der Waals surface area contributed by atoms with Crippen LogP contribution in [0.5, 0.6) is 0 Å². The van der Waals surface area contributed by atoms with Crippen molar-refractivity contribution in [1.82, 2.24) is 5.32 Å². The highest BCUT2D eigenvalue weighted by Crippen LogP contribution is 2.35. The number of nitrogens with one attached hydrogen (secondary N) is 2. The Hall–Kier alpha value is -1.58. The number of hydrogen-bond acceptors (Lipinski definition) is 2. The summed E-state index contributed by atoms with van der Waals surface area (Å²) in [6.07, 6.45) is 4.26. The zero-order chi connectivity index (χ0) is 13.5. The van der Waals surface area contributed by atoms with E-state index in [1.54, 1.807) is 0 Å². The molecule has 110 valence electrons. The van der Waals surface area contributed by atoms with E-state index < -0.39 is 0 Å². The molecule has 1 saturated heterocycles. The zero-order valence-corrected chi connectivity index (χ0v) is 12.6. The van der Waals surface area contributed by atoms with E-state index >= 15 is 0 Å². The van der Waals surface area contributed by atoms with E-state index in [4.69, 9.17) is 0 Å². The van der Waals surface area contributed by atoms with E-state index in [0.29, 0.717) is 0 Å². The van der Waals surface area contributed by atoms with Crippen molar-refractivity contribution in [2.24, 2.45) is 0 Å². The second kappa shape index (κ2) is 5.66. The summed E-state index contributed by atoms with van der Waals surface area (Å²) < 4.78 is 0. The highest BCUT2D eigenvalue weighted by atomic mass is 35.5. The minimum absolute atomic E-state index is 0. The number of anilines is 1. The number of rotatable bonds is 2. The summed E-state index contributed by atoms with van der Waals surface area (Å²) in [5, 5.41) is 8.89. The van der Waals surface area contributed by atoms with Crippen LogP contribution in [-0.4, -0.2) is 18.5 Å². The van der Waals surface area contributed by atoms with Gasteiger partial charge >= 0.3 is 0 Å². The van der Waals surface area contributed by atoms with Gasteiger partial charge in [-0.1, -0.05) is 24.3 Å². The molecule has 1 aliphatic carbocycles. The number of benzene rings is 2. The monoisotopic (exact) mass is 302 g/mol. The van der Waals surface area contributed by atoms with E-state index in [9.17, 15) is 4.79 Å². The van der Waals surface area contributed by atoms with Crippen molar-refractivity contribution in [3.63, 3.8) is 0 Å². The quantitative estimate of drug-likeness (QED) is 0.895. The Kier molecular flexibility index (Phi) is 3.87. The van der Waals surface area contributed by atoms with Gasteiger partial charge in [-0.3, -0.25) is 4.79 Å². The maximum Gasteiger partial charge on any atom is 0.241 e. The molecule has 0 bridgehead atoms. The Balaban J connectivity index is 0.00000132. The first kappa shape index (κ1) is 14.4. The number of carbonyl (C=O) groups excluding carboxylic acids is 1. The van der Waals surface area contributed by atoms with Crippen LogP contribution in [0.25, 0.3) is 10.8 Å². The van der Waals surface area contributed by atoms with E-state index in [1.807, 2.05) is 0 Å². The Labute approximate surface area is 130 Å². The lowest BCUT2D eigenvalue weighted by Gasteiger charge is -2.14. The summed E-state index contributed by atoms with van der Waals surface area (Å²) >= 11 is 0. The molecule has 0 spiro atoms. The van der Waals surface area contributed by atoms with Crippen LogP contribution in [0.3, 0.4) is 0 Å². The molecule has 1 fully saturated rings. The molecule has 1 heterocycles. The van der Waals surface area contributed by atoms with Gasteiger partial charge in [0.25, 0.3) is 0 Å². The van der Waals surface area contributed by atoms with Crippen LogP contribution in [0, 0.1) is 0 Å². The number of carbonyl (C=O) groups is 1. The van der Waals surface area contributed by atoms with Crippen molar-refractivity contribution in [3.8, 4) is 0 Å². The Morgan fingerprint density at radius 3 is 2.71 bits per heavy atom. The van der Waals surface area contributed by atoms with Crippen LogP contribution in [-0.2, 0) is 17.6 Å². The fourth-order valence-corrected chi connectivity index (χ4v) is 3.48. The summed E-state index contributed by atoms with van der Waals surface area (Å²) in [6, 6.07) is 10.6. The van der Waals surface area contributed by atoms with Gasteiger partial charge in [0.1, 0.15) is 0 Å². The number of amides is 1. The summed E-state index contributed by atoms with van der Waals surface area (Å²) in [5.41, 5.74) is 3.77. The van der Waals surface area contributed by atoms with Crippen LogP contribution in [0.1, 0.15) is 24.0 Å². The van der Waals surface area contributed by atoms with Crippen molar-refractivity contribution in [2.45, 2.75) is 31.7 Å².